The van der Waals surface area contributed by atoms with Crippen LogP contribution in [0.4, 0.5) is 18.9 Å². The van der Waals surface area contributed by atoms with Crippen molar-refractivity contribution in [3.63, 3.8) is 0 Å². The maximum atomic E-state index is 13.0. The number of rotatable bonds is 11. The highest BCUT2D eigenvalue weighted by Gasteiger charge is 2.31. The average molecular weight is 495 g/mol. The standard InChI is InChI=1S/C23H29F3N6O3/c24-23(25,26)15-7-4-8-16(11-15)31-22(35)19(10-9-14-5-2-1-3-6-14)32-21(34)18(29)13-30-20(33)17(28)12-27/h1-8,11,17-19H,9-10,12-13,27-29H2,(H,30,33)(H,31,35)(H,32,34)/t17-,18+,19+/m1/s1. The first-order valence-electron chi connectivity index (χ1n) is 10.8. The number of alkyl halides is 3. The molecule has 0 saturated carbocycles. The van der Waals surface area contributed by atoms with Crippen LogP contribution in [-0.2, 0) is 27.0 Å². The summed E-state index contributed by atoms with van der Waals surface area (Å²) in [5, 5.41) is 7.32. The van der Waals surface area contributed by atoms with Gasteiger partial charge in [0.05, 0.1) is 11.6 Å². The molecule has 0 heterocycles. The van der Waals surface area contributed by atoms with E-state index in [2.05, 4.69) is 16.0 Å². The number of hydrogen-bond acceptors (Lipinski definition) is 6. The number of anilines is 1. The Hall–Kier alpha value is -3.48. The van der Waals surface area contributed by atoms with Gasteiger partial charge in [-0.2, -0.15) is 13.2 Å². The van der Waals surface area contributed by atoms with E-state index in [1.165, 1.54) is 12.1 Å². The monoisotopic (exact) mass is 494 g/mol. The zero-order valence-electron chi connectivity index (χ0n) is 18.8. The number of amides is 3. The van der Waals surface area contributed by atoms with Crippen LogP contribution < -0.4 is 33.2 Å². The predicted octanol–water partition coefficient (Wildman–Crippen LogP) is 0.491. The molecule has 3 atom stereocenters. The Morgan fingerprint density at radius 2 is 1.57 bits per heavy atom. The molecular formula is C23H29F3N6O3. The quantitative estimate of drug-likeness (QED) is 0.266. The van der Waals surface area contributed by atoms with Crippen LogP contribution in [0.2, 0.25) is 0 Å². The minimum atomic E-state index is -4.58. The molecule has 0 aliphatic carbocycles. The van der Waals surface area contributed by atoms with Gasteiger partial charge >= 0.3 is 6.18 Å². The summed E-state index contributed by atoms with van der Waals surface area (Å²) in [6, 6.07) is 10.0. The Bertz CT molecular complexity index is 1000. The molecule has 0 unspecified atom stereocenters. The molecule has 0 bridgehead atoms. The van der Waals surface area contributed by atoms with Crippen LogP contribution >= 0.6 is 0 Å². The van der Waals surface area contributed by atoms with Gasteiger partial charge in [-0.25, -0.2) is 0 Å². The van der Waals surface area contributed by atoms with E-state index in [-0.39, 0.29) is 25.2 Å². The van der Waals surface area contributed by atoms with Gasteiger partial charge in [0.25, 0.3) is 0 Å². The van der Waals surface area contributed by atoms with E-state index in [4.69, 9.17) is 17.2 Å². The zero-order chi connectivity index (χ0) is 26.0. The maximum Gasteiger partial charge on any atom is 0.416 e. The van der Waals surface area contributed by atoms with E-state index in [0.717, 1.165) is 17.7 Å². The number of carbonyl (C=O) groups is 3. The molecule has 0 aromatic heterocycles. The Kier molecular flexibility index (Phi) is 10.2. The number of hydrogen-bond donors (Lipinski definition) is 6. The number of nitrogens with one attached hydrogen (secondary N) is 3. The molecule has 0 aliphatic rings. The SMILES string of the molecule is NC[C@@H](N)C(=O)NC[C@H](N)C(=O)N[C@@H](CCc1ccccc1)C(=O)Nc1cccc(C(F)(F)F)c1. The summed E-state index contributed by atoms with van der Waals surface area (Å²) in [6.45, 7) is -0.344. The smallest absolute Gasteiger partial charge is 0.353 e. The maximum absolute atomic E-state index is 13.0. The summed E-state index contributed by atoms with van der Waals surface area (Å²) in [5.74, 6) is -2.03. The second-order valence-electron chi connectivity index (χ2n) is 7.85. The van der Waals surface area contributed by atoms with Gasteiger partial charge in [-0.05, 0) is 36.6 Å². The second kappa shape index (κ2) is 12.8. The first kappa shape index (κ1) is 27.8. The molecule has 12 heteroatoms. The third-order valence-corrected chi connectivity index (χ3v) is 5.08. The van der Waals surface area contributed by atoms with Crippen LogP contribution in [0, 0.1) is 0 Å². The molecule has 35 heavy (non-hydrogen) atoms. The van der Waals surface area contributed by atoms with Crippen molar-refractivity contribution in [2.45, 2.75) is 37.1 Å². The fraction of sp³-hybridized carbons (Fsp3) is 0.348. The Balaban J connectivity index is 2.10. The van der Waals surface area contributed by atoms with Crippen molar-refractivity contribution >= 4 is 23.4 Å². The molecule has 0 aliphatic heterocycles. The van der Waals surface area contributed by atoms with Gasteiger partial charge in [-0.15, -0.1) is 0 Å². The topological polar surface area (TPSA) is 165 Å². The van der Waals surface area contributed by atoms with Crippen molar-refractivity contribution in [1.82, 2.24) is 10.6 Å². The van der Waals surface area contributed by atoms with Crippen LogP contribution in [0.1, 0.15) is 17.5 Å². The van der Waals surface area contributed by atoms with Crippen molar-refractivity contribution in [2.24, 2.45) is 17.2 Å². The van der Waals surface area contributed by atoms with E-state index in [0.29, 0.717) is 6.42 Å². The number of halogens is 3. The van der Waals surface area contributed by atoms with E-state index < -0.39 is 47.6 Å². The Morgan fingerprint density at radius 3 is 2.20 bits per heavy atom. The predicted molar refractivity (Wildman–Crippen MR) is 125 cm³/mol. The third kappa shape index (κ3) is 9.00. The van der Waals surface area contributed by atoms with Gasteiger partial charge in [-0.1, -0.05) is 36.4 Å². The molecule has 0 fully saturated rings. The minimum Gasteiger partial charge on any atom is -0.353 e. The van der Waals surface area contributed by atoms with Gasteiger partial charge < -0.3 is 33.2 Å². The molecule has 3 amide bonds. The third-order valence-electron chi connectivity index (χ3n) is 5.08. The summed E-state index contributed by atoms with van der Waals surface area (Å²) >= 11 is 0. The average Bonchev–Trinajstić information content (AvgIpc) is 2.84. The minimum absolute atomic E-state index is 0.0730. The molecule has 2 aromatic carbocycles. The van der Waals surface area contributed by atoms with E-state index >= 15 is 0 Å². The number of aryl methyl sites for hydroxylation is 1. The second-order valence-corrected chi connectivity index (χ2v) is 7.85. The van der Waals surface area contributed by atoms with Crippen molar-refractivity contribution in [2.75, 3.05) is 18.4 Å². The van der Waals surface area contributed by atoms with Crippen molar-refractivity contribution in [3.8, 4) is 0 Å². The fourth-order valence-corrected chi connectivity index (χ4v) is 3.05. The van der Waals surface area contributed by atoms with Crippen LogP contribution in [-0.4, -0.2) is 48.9 Å². The van der Waals surface area contributed by atoms with Crippen molar-refractivity contribution < 1.29 is 27.6 Å². The number of carbonyl (C=O) groups excluding carboxylic acids is 3. The van der Waals surface area contributed by atoms with Crippen LogP contribution in [0.5, 0.6) is 0 Å². The summed E-state index contributed by atoms with van der Waals surface area (Å²) in [6.07, 6.45) is -4.03. The van der Waals surface area contributed by atoms with Crippen molar-refractivity contribution in [3.05, 3.63) is 65.7 Å². The first-order chi connectivity index (χ1) is 16.5. The lowest BCUT2D eigenvalue weighted by atomic mass is 10.0. The van der Waals surface area contributed by atoms with Crippen LogP contribution in [0.25, 0.3) is 0 Å². The molecule has 2 aromatic rings. The molecule has 0 radical (unpaired) electrons. The normalized spacial score (nSPS) is 13.9. The highest BCUT2D eigenvalue weighted by atomic mass is 19.4. The molecule has 9 N–H and O–H groups in total. The van der Waals surface area contributed by atoms with Gasteiger partial charge in [-0.3, -0.25) is 14.4 Å². The van der Waals surface area contributed by atoms with Gasteiger partial charge in [0.15, 0.2) is 0 Å². The molecule has 190 valence electrons. The molecule has 2 rings (SSSR count). The first-order valence-corrected chi connectivity index (χ1v) is 10.8. The van der Waals surface area contributed by atoms with E-state index in [9.17, 15) is 27.6 Å². The number of nitrogens with two attached hydrogens (primary N) is 3. The van der Waals surface area contributed by atoms with E-state index in [1.807, 2.05) is 30.3 Å². The summed E-state index contributed by atoms with van der Waals surface area (Å²) in [4.78, 5) is 37.2. The zero-order valence-corrected chi connectivity index (χ0v) is 18.8. The summed E-state index contributed by atoms with van der Waals surface area (Å²) in [7, 11) is 0. The lowest BCUT2D eigenvalue weighted by Gasteiger charge is -2.21. The molecular weight excluding hydrogens is 465 g/mol. The van der Waals surface area contributed by atoms with Gasteiger partial charge in [0, 0.05) is 18.8 Å². The molecule has 0 saturated heterocycles. The number of benzene rings is 2. The molecule has 9 nitrogen and oxygen atoms in total. The summed E-state index contributed by atoms with van der Waals surface area (Å²) < 4.78 is 39.0. The molecule has 0 spiro atoms. The lowest BCUT2D eigenvalue weighted by Crippen LogP contribution is -2.55. The highest BCUT2D eigenvalue weighted by Crippen LogP contribution is 2.30. The Morgan fingerprint density at radius 1 is 0.886 bits per heavy atom. The summed E-state index contributed by atoms with van der Waals surface area (Å²) in [5.41, 5.74) is 16.5. The lowest BCUT2D eigenvalue weighted by molar-refractivity contribution is -0.137. The van der Waals surface area contributed by atoms with E-state index in [1.54, 1.807) is 0 Å². The van der Waals surface area contributed by atoms with Gasteiger partial charge in [0.2, 0.25) is 17.7 Å². The van der Waals surface area contributed by atoms with Crippen molar-refractivity contribution in [1.29, 1.82) is 0 Å². The largest absolute Gasteiger partial charge is 0.416 e. The Labute approximate surface area is 200 Å². The van der Waals surface area contributed by atoms with Crippen LogP contribution in [0.15, 0.2) is 54.6 Å². The van der Waals surface area contributed by atoms with Crippen LogP contribution in [0.3, 0.4) is 0 Å². The fourth-order valence-electron chi connectivity index (χ4n) is 3.05. The van der Waals surface area contributed by atoms with Gasteiger partial charge in [0.1, 0.15) is 12.1 Å². The highest BCUT2D eigenvalue weighted by molar-refractivity contribution is 5.98.